The Bertz CT molecular complexity index is 498. The molecule has 0 aliphatic heterocycles. The molecule has 0 aliphatic rings. The Morgan fingerprint density at radius 3 is 2.26 bits per heavy atom. The van der Waals surface area contributed by atoms with E-state index < -0.39 is 10.0 Å². The number of alkyl halides is 1. The van der Waals surface area contributed by atoms with Crippen molar-refractivity contribution in [1.82, 2.24) is 9.29 Å². The van der Waals surface area contributed by atoms with Crippen LogP contribution in [-0.4, -0.2) is 30.3 Å². The Labute approximate surface area is 120 Å². The summed E-state index contributed by atoms with van der Waals surface area (Å²) >= 11 is 5.68. The molecular formula is C13H21ClN2O2S. The van der Waals surface area contributed by atoms with Gasteiger partial charge in [-0.1, -0.05) is 19.9 Å². The minimum atomic E-state index is -3.54. The van der Waals surface area contributed by atoms with Crippen LogP contribution in [0.5, 0.6) is 0 Å². The van der Waals surface area contributed by atoms with E-state index in [0.29, 0.717) is 12.4 Å². The van der Waals surface area contributed by atoms with Gasteiger partial charge in [-0.05, 0) is 31.4 Å². The topological polar surface area (TPSA) is 50.3 Å². The van der Waals surface area contributed by atoms with Crippen molar-refractivity contribution in [3.63, 3.8) is 0 Å². The zero-order valence-electron chi connectivity index (χ0n) is 11.8. The summed E-state index contributed by atoms with van der Waals surface area (Å²) in [5.74, 6) is 0.590. The standard InChI is InChI=1S/C13H21ClN2O2S/c1-10(2)9-16(11(3)4)19(17,18)13-6-5-12(7-14)8-15-13/h5-6,8,10-11H,7,9H2,1-4H3. The van der Waals surface area contributed by atoms with E-state index in [2.05, 4.69) is 4.98 Å². The molecule has 0 unspecified atom stereocenters. The Balaban J connectivity index is 3.11. The molecule has 1 aromatic heterocycles. The molecule has 0 bridgehead atoms. The van der Waals surface area contributed by atoms with Crippen molar-refractivity contribution in [2.24, 2.45) is 5.92 Å². The van der Waals surface area contributed by atoms with Gasteiger partial charge in [0.2, 0.25) is 0 Å². The van der Waals surface area contributed by atoms with E-state index in [4.69, 9.17) is 11.6 Å². The number of sulfonamides is 1. The molecule has 1 heterocycles. The molecule has 0 radical (unpaired) electrons. The molecule has 6 heteroatoms. The first-order valence-corrected chi connectivity index (χ1v) is 8.29. The van der Waals surface area contributed by atoms with Crippen molar-refractivity contribution in [3.05, 3.63) is 23.9 Å². The van der Waals surface area contributed by atoms with E-state index in [9.17, 15) is 8.42 Å². The van der Waals surface area contributed by atoms with Crippen molar-refractivity contribution >= 4 is 21.6 Å². The zero-order chi connectivity index (χ0) is 14.6. The average Bonchev–Trinajstić information content (AvgIpc) is 2.35. The predicted molar refractivity (Wildman–Crippen MR) is 77.7 cm³/mol. The number of hydrogen-bond acceptors (Lipinski definition) is 3. The fraction of sp³-hybridized carbons (Fsp3) is 0.615. The van der Waals surface area contributed by atoms with Gasteiger partial charge in [-0.25, -0.2) is 13.4 Å². The first kappa shape index (κ1) is 16.4. The predicted octanol–water partition coefficient (Wildman–Crippen LogP) is 2.88. The van der Waals surface area contributed by atoms with Gasteiger partial charge >= 0.3 is 0 Å². The largest absolute Gasteiger partial charge is 0.260 e. The summed E-state index contributed by atoms with van der Waals surface area (Å²) in [5, 5.41) is 0.0794. The Morgan fingerprint density at radius 2 is 1.89 bits per heavy atom. The van der Waals surface area contributed by atoms with Gasteiger partial charge in [0.15, 0.2) is 5.03 Å². The summed E-state index contributed by atoms with van der Waals surface area (Å²) < 4.78 is 26.6. The molecule has 0 N–H and O–H groups in total. The normalized spacial score (nSPS) is 12.6. The molecule has 0 aromatic carbocycles. The lowest BCUT2D eigenvalue weighted by Gasteiger charge is -2.27. The number of halogens is 1. The summed E-state index contributed by atoms with van der Waals surface area (Å²) in [6.07, 6.45) is 1.51. The van der Waals surface area contributed by atoms with Crippen LogP contribution >= 0.6 is 11.6 Å². The third-order valence-electron chi connectivity index (χ3n) is 2.65. The van der Waals surface area contributed by atoms with Crippen LogP contribution in [0.3, 0.4) is 0 Å². The number of hydrogen-bond donors (Lipinski definition) is 0. The smallest absolute Gasteiger partial charge is 0.243 e. The van der Waals surface area contributed by atoms with Crippen LogP contribution in [0.4, 0.5) is 0 Å². The Hall–Kier alpha value is -0.650. The van der Waals surface area contributed by atoms with Crippen molar-refractivity contribution in [1.29, 1.82) is 0 Å². The molecule has 0 spiro atoms. The summed E-state index contributed by atoms with van der Waals surface area (Å²) in [7, 11) is -3.54. The minimum absolute atomic E-state index is 0.0794. The molecule has 0 aliphatic carbocycles. The molecule has 0 atom stereocenters. The highest BCUT2D eigenvalue weighted by molar-refractivity contribution is 7.89. The summed E-state index contributed by atoms with van der Waals surface area (Å²) in [4.78, 5) is 4.02. The van der Waals surface area contributed by atoms with Crippen LogP contribution in [-0.2, 0) is 15.9 Å². The molecule has 4 nitrogen and oxygen atoms in total. The molecule has 108 valence electrons. The lowest BCUT2D eigenvalue weighted by Crippen LogP contribution is -2.39. The van der Waals surface area contributed by atoms with Gasteiger partial charge < -0.3 is 0 Å². The maximum atomic E-state index is 12.5. The molecule has 0 amide bonds. The molecule has 1 rings (SSSR count). The van der Waals surface area contributed by atoms with Gasteiger partial charge in [-0.2, -0.15) is 4.31 Å². The highest BCUT2D eigenvalue weighted by Crippen LogP contribution is 2.18. The Kier molecular flexibility index (Phi) is 5.77. The van der Waals surface area contributed by atoms with Crippen LogP contribution in [0.2, 0.25) is 0 Å². The first-order chi connectivity index (χ1) is 8.78. The van der Waals surface area contributed by atoms with Crippen molar-refractivity contribution in [2.45, 2.75) is 44.6 Å². The zero-order valence-corrected chi connectivity index (χ0v) is 13.4. The number of nitrogens with zero attached hydrogens (tertiary/aromatic N) is 2. The van der Waals surface area contributed by atoms with Crippen LogP contribution in [0.15, 0.2) is 23.4 Å². The number of rotatable bonds is 6. The van der Waals surface area contributed by atoms with Gasteiger partial charge in [0, 0.05) is 24.7 Å². The van der Waals surface area contributed by atoms with Crippen LogP contribution in [0, 0.1) is 5.92 Å². The maximum absolute atomic E-state index is 12.5. The molecule has 0 saturated heterocycles. The van der Waals surface area contributed by atoms with E-state index in [1.54, 1.807) is 6.07 Å². The van der Waals surface area contributed by atoms with Crippen LogP contribution in [0.25, 0.3) is 0 Å². The lowest BCUT2D eigenvalue weighted by atomic mass is 10.2. The second-order valence-electron chi connectivity index (χ2n) is 5.20. The van der Waals surface area contributed by atoms with Crippen molar-refractivity contribution in [3.8, 4) is 0 Å². The molecule has 19 heavy (non-hydrogen) atoms. The van der Waals surface area contributed by atoms with Gasteiger partial charge in [-0.15, -0.1) is 11.6 Å². The number of pyridine rings is 1. The highest BCUT2D eigenvalue weighted by atomic mass is 35.5. The minimum Gasteiger partial charge on any atom is -0.243 e. The highest BCUT2D eigenvalue weighted by Gasteiger charge is 2.28. The monoisotopic (exact) mass is 304 g/mol. The van der Waals surface area contributed by atoms with Gasteiger partial charge in [0.25, 0.3) is 10.0 Å². The SMILES string of the molecule is CC(C)CN(C(C)C)S(=O)(=O)c1ccc(CCl)cn1. The lowest BCUT2D eigenvalue weighted by molar-refractivity contribution is 0.318. The fourth-order valence-electron chi connectivity index (χ4n) is 1.71. The summed E-state index contributed by atoms with van der Waals surface area (Å²) in [5.41, 5.74) is 0.806. The van der Waals surface area contributed by atoms with Gasteiger partial charge in [-0.3, -0.25) is 0 Å². The third kappa shape index (κ3) is 4.16. The van der Waals surface area contributed by atoms with Crippen molar-refractivity contribution < 1.29 is 8.42 Å². The second-order valence-corrected chi connectivity index (χ2v) is 7.31. The fourth-order valence-corrected chi connectivity index (χ4v) is 3.58. The molecule has 0 fully saturated rings. The van der Waals surface area contributed by atoms with E-state index in [-0.39, 0.29) is 17.0 Å². The number of aromatic nitrogens is 1. The summed E-state index contributed by atoms with van der Waals surface area (Å²) in [6.45, 7) is 8.21. The third-order valence-corrected chi connectivity index (χ3v) is 4.91. The van der Waals surface area contributed by atoms with E-state index in [0.717, 1.165) is 5.56 Å². The van der Waals surface area contributed by atoms with E-state index >= 15 is 0 Å². The summed E-state index contributed by atoms with van der Waals surface area (Å²) in [6, 6.07) is 3.12. The van der Waals surface area contributed by atoms with Crippen LogP contribution in [0.1, 0.15) is 33.3 Å². The van der Waals surface area contributed by atoms with Crippen molar-refractivity contribution in [2.75, 3.05) is 6.54 Å². The molecular weight excluding hydrogens is 284 g/mol. The van der Waals surface area contributed by atoms with Crippen LogP contribution < -0.4 is 0 Å². The van der Waals surface area contributed by atoms with Gasteiger partial charge in [0.05, 0.1) is 0 Å². The maximum Gasteiger partial charge on any atom is 0.260 e. The molecule has 0 saturated carbocycles. The second kappa shape index (κ2) is 6.68. The Morgan fingerprint density at radius 1 is 1.26 bits per heavy atom. The first-order valence-electron chi connectivity index (χ1n) is 6.31. The van der Waals surface area contributed by atoms with E-state index in [1.165, 1.54) is 16.6 Å². The molecule has 1 aromatic rings. The van der Waals surface area contributed by atoms with E-state index in [1.807, 2.05) is 27.7 Å². The van der Waals surface area contributed by atoms with Gasteiger partial charge in [0.1, 0.15) is 0 Å². The average molecular weight is 305 g/mol. The quantitative estimate of drug-likeness (QED) is 0.759.